The zero-order valence-corrected chi connectivity index (χ0v) is 18.0. The quantitative estimate of drug-likeness (QED) is 0.482. The van der Waals surface area contributed by atoms with Gasteiger partial charge in [-0.3, -0.25) is 19.3 Å². The number of benzene rings is 2. The average molecular weight is 422 g/mol. The fourth-order valence-electron chi connectivity index (χ4n) is 3.49. The number of amides is 3. The van der Waals surface area contributed by atoms with Crippen molar-refractivity contribution >= 4 is 23.7 Å². The van der Waals surface area contributed by atoms with Crippen molar-refractivity contribution in [2.75, 3.05) is 13.2 Å². The molecule has 1 aliphatic rings. The molecule has 3 amide bonds. The van der Waals surface area contributed by atoms with Crippen molar-refractivity contribution < 1.29 is 23.9 Å². The maximum absolute atomic E-state index is 12.7. The molecule has 7 heteroatoms. The second kappa shape index (κ2) is 9.55. The molecule has 0 fully saturated rings. The predicted octanol–water partition coefficient (Wildman–Crippen LogP) is 2.96. The molecule has 0 aromatic heterocycles. The molecule has 0 radical (unpaired) electrons. The lowest BCUT2D eigenvalue weighted by Gasteiger charge is -2.24. The summed E-state index contributed by atoms with van der Waals surface area (Å²) < 4.78 is 5.18. The third kappa shape index (κ3) is 4.82. The summed E-state index contributed by atoms with van der Waals surface area (Å²) in [5.74, 6) is -2.20. The smallest absolute Gasteiger partial charge is 0.329 e. The Morgan fingerprint density at radius 3 is 2.13 bits per heavy atom. The molecule has 0 saturated heterocycles. The van der Waals surface area contributed by atoms with E-state index in [9.17, 15) is 19.2 Å². The van der Waals surface area contributed by atoms with Crippen molar-refractivity contribution in [3.8, 4) is 0 Å². The van der Waals surface area contributed by atoms with Crippen molar-refractivity contribution in [3.05, 3.63) is 70.8 Å². The first kappa shape index (κ1) is 22.2. The van der Waals surface area contributed by atoms with Gasteiger partial charge < -0.3 is 9.64 Å². The highest BCUT2D eigenvalue weighted by Gasteiger charge is 2.41. The van der Waals surface area contributed by atoms with Crippen LogP contribution in [0.25, 0.3) is 0 Å². The van der Waals surface area contributed by atoms with Crippen LogP contribution in [0, 0.1) is 6.92 Å². The Labute approximate surface area is 181 Å². The highest BCUT2D eigenvalue weighted by Crippen LogP contribution is 2.24. The van der Waals surface area contributed by atoms with Gasteiger partial charge in [0.25, 0.3) is 17.7 Å². The van der Waals surface area contributed by atoms with Crippen molar-refractivity contribution in [1.82, 2.24) is 9.80 Å². The third-order valence-corrected chi connectivity index (χ3v) is 5.23. The number of carbonyl (C=O) groups is 4. The summed E-state index contributed by atoms with van der Waals surface area (Å²) in [6.45, 7) is 5.87. The Balaban J connectivity index is 1.61. The summed E-state index contributed by atoms with van der Waals surface area (Å²) in [6, 6.07) is 13.2. The Morgan fingerprint density at radius 1 is 1.00 bits per heavy atom. The first-order valence-corrected chi connectivity index (χ1v) is 10.3. The zero-order chi connectivity index (χ0) is 22.5. The average Bonchev–Trinajstić information content (AvgIpc) is 3.02. The molecule has 7 nitrogen and oxygen atoms in total. The topological polar surface area (TPSA) is 84.0 Å². The van der Waals surface area contributed by atoms with Crippen LogP contribution in [0.4, 0.5) is 0 Å². The van der Waals surface area contributed by atoms with Crippen LogP contribution in [-0.4, -0.2) is 52.7 Å². The van der Waals surface area contributed by atoms with Gasteiger partial charge >= 0.3 is 5.97 Å². The lowest BCUT2D eigenvalue weighted by atomic mass is 10.1. The molecule has 0 spiro atoms. The van der Waals surface area contributed by atoms with Gasteiger partial charge in [0.2, 0.25) is 0 Å². The Morgan fingerprint density at radius 2 is 1.58 bits per heavy atom. The van der Waals surface area contributed by atoms with Crippen molar-refractivity contribution in [2.24, 2.45) is 0 Å². The number of aryl methyl sites for hydroxylation is 1. The summed E-state index contributed by atoms with van der Waals surface area (Å²) in [7, 11) is 0. The molecule has 0 N–H and O–H groups in total. The van der Waals surface area contributed by atoms with E-state index in [-0.39, 0.29) is 17.0 Å². The molecule has 1 heterocycles. The molecule has 1 atom stereocenters. The molecule has 162 valence electrons. The molecule has 0 unspecified atom stereocenters. The van der Waals surface area contributed by atoms with E-state index in [1.165, 1.54) is 6.92 Å². The second-order valence-electron chi connectivity index (χ2n) is 7.61. The van der Waals surface area contributed by atoms with E-state index >= 15 is 0 Å². The summed E-state index contributed by atoms with van der Waals surface area (Å²) in [4.78, 5) is 52.8. The number of nitrogens with zero attached hydrogens (tertiary/aromatic N) is 2. The van der Waals surface area contributed by atoms with E-state index in [1.807, 2.05) is 38.1 Å². The van der Waals surface area contributed by atoms with Crippen LogP contribution in [0.3, 0.4) is 0 Å². The predicted molar refractivity (Wildman–Crippen MR) is 114 cm³/mol. The lowest BCUT2D eigenvalue weighted by Crippen LogP contribution is -2.44. The van der Waals surface area contributed by atoms with E-state index in [4.69, 9.17) is 4.74 Å². The van der Waals surface area contributed by atoms with Crippen molar-refractivity contribution in [3.63, 3.8) is 0 Å². The van der Waals surface area contributed by atoms with Crippen LogP contribution in [0.15, 0.2) is 48.5 Å². The maximum atomic E-state index is 12.7. The molecular weight excluding hydrogens is 396 g/mol. The lowest BCUT2D eigenvalue weighted by molar-refractivity contribution is -0.155. The molecule has 0 aliphatic carbocycles. The number of imide groups is 1. The largest absolute Gasteiger partial charge is 0.454 e. The second-order valence-corrected chi connectivity index (χ2v) is 7.61. The van der Waals surface area contributed by atoms with Gasteiger partial charge in [0.15, 0.2) is 6.61 Å². The van der Waals surface area contributed by atoms with Crippen LogP contribution in [-0.2, 0) is 20.9 Å². The molecular formula is C24H26N2O5. The summed E-state index contributed by atoms with van der Waals surface area (Å²) in [5.41, 5.74) is 2.64. The zero-order valence-electron chi connectivity index (χ0n) is 18.0. The van der Waals surface area contributed by atoms with Crippen LogP contribution in [0.5, 0.6) is 0 Å². The Bertz CT molecular complexity index is 964. The minimum atomic E-state index is -1.13. The number of esters is 1. The molecule has 3 rings (SSSR count). The Hall–Kier alpha value is -3.48. The number of rotatable bonds is 8. The van der Waals surface area contributed by atoms with Crippen molar-refractivity contribution in [1.29, 1.82) is 0 Å². The maximum Gasteiger partial charge on any atom is 0.329 e. The molecule has 2 aromatic carbocycles. The monoisotopic (exact) mass is 422 g/mol. The fraction of sp³-hybridized carbons (Fsp3) is 0.333. The summed E-state index contributed by atoms with van der Waals surface area (Å²) >= 11 is 0. The van der Waals surface area contributed by atoms with Crippen LogP contribution in [0.2, 0.25) is 0 Å². The molecule has 0 bridgehead atoms. The van der Waals surface area contributed by atoms with E-state index in [0.717, 1.165) is 22.4 Å². The van der Waals surface area contributed by atoms with Gasteiger partial charge in [0, 0.05) is 13.1 Å². The van der Waals surface area contributed by atoms with E-state index in [0.29, 0.717) is 13.1 Å². The van der Waals surface area contributed by atoms with Gasteiger partial charge in [0.1, 0.15) is 6.04 Å². The van der Waals surface area contributed by atoms with Gasteiger partial charge in [-0.15, -0.1) is 0 Å². The Kier molecular flexibility index (Phi) is 6.84. The first-order valence-electron chi connectivity index (χ1n) is 10.3. The van der Waals surface area contributed by atoms with Gasteiger partial charge in [-0.25, -0.2) is 4.79 Å². The van der Waals surface area contributed by atoms with Gasteiger partial charge in [-0.2, -0.15) is 0 Å². The van der Waals surface area contributed by atoms with Gasteiger partial charge in [-0.1, -0.05) is 48.9 Å². The molecule has 2 aromatic rings. The molecule has 0 saturated carbocycles. The number of hydrogen-bond donors (Lipinski definition) is 0. The molecule has 1 aliphatic heterocycles. The number of fused-ring (bicyclic) bond motifs is 1. The number of carbonyl (C=O) groups excluding carboxylic acids is 4. The standard InChI is InChI=1S/C24H26N2O5/c1-4-13-25(14-18-11-9-16(2)10-12-18)21(27)15-31-24(30)17(3)26-22(28)19-7-5-6-8-20(19)23(26)29/h5-12,17H,4,13-15H2,1-3H3/t17-/m0/s1. The van der Waals surface area contributed by atoms with Crippen LogP contribution >= 0.6 is 0 Å². The van der Waals surface area contributed by atoms with Gasteiger partial charge in [0.05, 0.1) is 11.1 Å². The fourth-order valence-corrected chi connectivity index (χ4v) is 3.49. The first-order chi connectivity index (χ1) is 14.8. The minimum Gasteiger partial charge on any atom is -0.454 e. The van der Waals surface area contributed by atoms with Crippen LogP contribution < -0.4 is 0 Å². The highest BCUT2D eigenvalue weighted by molar-refractivity contribution is 6.22. The van der Waals surface area contributed by atoms with E-state index < -0.39 is 30.4 Å². The SMILES string of the molecule is CCCN(Cc1ccc(C)cc1)C(=O)COC(=O)[C@H](C)N1C(=O)c2ccccc2C1=O. The third-order valence-electron chi connectivity index (χ3n) is 5.23. The highest BCUT2D eigenvalue weighted by atomic mass is 16.5. The number of ether oxygens (including phenoxy) is 1. The van der Waals surface area contributed by atoms with Gasteiger partial charge in [-0.05, 0) is 38.0 Å². The van der Waals surface area contributed by atoms with Crippen molar-refractivity contribution in [2.45, 2.75) is 39.8 Å². The molecule has 31 heavy (non-hydrogen) atoms. The normalized spacial score (nSPS) is 13.7. The van der Waals surface area contributed by atoms with Crippen LogP contribution in [0.1, 0.15) is 52.1 Å². The minimum absolute atomic E-state index is 0.260. The number of hydrogen-bond acceptors (Lipinski definition) is 5. The summed E-state index contributed by atoms with van der Waals surface area (Å²) in [6.07, 6.45) is 0.761. The summed E-state index contributed by atoms with van der Waals surface area (Å²) in [5, 5.41) is 0. The van der Waals surface area contributed by atoms with E-state index in [1.54, 1.807) is 29.2 Å². The van der Waals surface area contributed by atoms with E-state index in [2.05, 4.69) is 0 Å².